The zero-order valence-electron chi connectivity index (χ0n) is 12.6. The Bertz CT molecular complexity index is 445. The lowest BCUT2D eigenvalue weighted by Gasteiger charge is -2.29. The number of rotatable bonds is 2. The molecule has 0 aliphatic heterocycles. The van der Waals surface area contributed by atoms with Crippen molar-refractivity contribution in [3.8, 4) is 5.75 Å². The number of aryl methyl sites for hydroxylation is 1. The van der Waals surface area contributed by atoms with Gasteiger partial charge in [-0.25, -0.2) is 0 Å². The van der Waals surface area contributed by atoms with Crippen molar-refractivity contribution in [3.63, 3.8) is 0 Å². The number of benzene rings is 1. The number of hydrogen-bond acceptors (Lipinski definition) is 1. The van der Waals surface area contributed by atoms with Crippen LogP contribution in [0, 0.1) is 25.2 Å². The minimum absolute atomic E-state index is 0.450. The van der Waals surface area contributed by atoms with E-state index in [0.717, 1.165) is 5.75 Å². The van der Waals surface area contributed by atoms with Crippen molar-refractivity contribution in [2.75, 3.05) is 7.11 Å². The number of ether oxygens (including phenoxy) is 1. The lowest BCUT2D eigenvalue weighted by Crippen LogP contribution is -2.19. The molecule has 0 saturated heterocycles. The molecule has 1 fully saturated rings. The molecule has 0 amide bonds. The predicted molar refractivity (Wildman–Crippen MR) is 77.4 cm³/mol. The fraction of sp³-hybridized carbons (Fsp3) is 0.647. The van der Waals surface area contributed by atoms with Crippen molar-refractivity contribution >= 4 is 0 Å². The molecule has 1 nitrogen and oxygen atoms in total. The normalized spacial score (nSPS) is 26.3. The molecule has 0 aromatic heterocycles. The lowest BCUT2D eigenvalue weighted by molar-refractivity contribution is 0.264. The molecule has 1 aliphatic carbocycles. The van der Waals surface area contributed by atoms with Crippen LogP contribution in [0.5, 0.6) is 5.75 Å². The van der Waals surface area contributed by atoms with Crippen LogP contribution in [0.25, 0.3) is 0 Å². The first-order valence-corrected chi connectivity index (χ1v) is 7.02. The molecule has 1 saturated carbocycles. The van der Waals surface area contributed by atoms with Crippen LogP contribution >= 0.6 is 0 Å². The summed E-state index contributed by atoms with van der Waals surface area (Å²) in [6.45, 7) is 11.6. The van der Waals surface area contributed by atoms with Crippen molar-refractivity contribution < 1.29 is 4.74 Å². The summed E-state index contributed by atoms with van der Waals surface area (Å²) in [5.41, 5.74) is 4.70. The maximum absolute atomic E-state index is 5.61. The van der Waals surface area contributed by atoms with Crippen molar-refractivity contribution in [1.82, 2.24) is 0 Å². The average molecular weight is 246 g/mol. The summed E-state index contributed by atoms with van der Waals surface area (Å²) in [6.07, 6.45) is 2.60. The fourth-order valence-electron chi connectivity index (χ4n) is 3.40. The Morgan fingerprint density at radius 3 is 2.39 bits per heavy atom. The highest BCUT2D eigenvalue weighted by Gasteiger charge is 2.41. The molecule has 100 valence electrons. The van der Waals surface area contributed by atoms with Gasteiger partial charge in [0.25, 0.3) is 0 Å². The topological polar surface area (TPSA) is 9.23 Å². The summed E-state index contributed by atoms with van der Waals surface area (Å²) in [4.78, 5) is 0. The van der Waals surface area contributed by atoms with Gasteiger partial charge in [0.05, 0.1) is 7.11 Å². The molecule has 1 aliphatic rings. The molecule has 0 spiro atoms. The first-order chi connectivity index (χ1) is 8.38. The van der Waals surface area contributed by atoms with Crippen LogP contribution in [0.1, 0.15) is 56.2 Å². The van der Waals surface area contributed by atoms with E-state index in [4.69, 9.17) is 4.74 Å². The zero-order valence-corrected chi connectivity index (χ0v) is 12.6. The van der Waals surface area contributed by atoms with Gasteiger partial charge in [0, 0.05) is 5.56 Å². The maximum Gasteiger partial charge on any atom is 0.122 e. The molecule has 0 radical (unpaired) electrons. The SMILES string of the molecule is COc1ccc(C)c(C)c1C1CCC(C)(C)C1C. The van der Waals surface area contributed by atoms with E-state index in [1.165, 1.54) is 29.5 Å². The summed E-state index contributed by atoms with van der Waals surface area (Å²) in [5, 5.41) is 0. The molecule has 2 atom stereocenters. The third kappa shape index (κ3) is 2.04. The molecule has 1 aromatic rings. The van der Waals surface area contributed by atoms with Gasteiger partial charge >= 0.3 is 0 Å². The second-order valence-electron chi connectivity index (χ2n) is 6.55. The average Bonchev–Trinajstić information content (AvgIpc) is 2.59. The Labute approximate surface area is 112 Å². The maximum atomic E-state index is 5.61. The van der Waals surface area contributed by atoms with Crippen molar-refractivity contribution in [3.05, 3.63) is 28.8 Å². The molecule has 1 heteroatoms. The van der Waals surface area contributed by atoms with Crippen LogP contribution in [0.4, 0.5) is 0 Å². The molecule has 18 heavy (non-hydrogen) atoms. The largest absolute Gasteiger partial charge is 0.496 e. The van der Waals surface area contributed by atoms with E-state index in [-0.39, 0.29) is 0 Å². The molecule has 0 bridgehead atoms. The van der Waals surface area contributed by atoms with E-state index in [2.05, 4.69) is 46.8 Å². The Morgan fingerprint density at radius 2 is 1.89 bits per heavy atom. The van der Waals surface area contributed by atoms with Gasteiger partial charge in [0.15, 0.2) is 0 Å². The van der Waals surface area contributed by atoms with Crippen LogP contribution in [0.15, 0.2) is 12.1 Å². The smallest absolute Gasteiger partial charge is 0.122 e. The Kier molecular flexibility index (Phi) is 3.44. The quantitative estimate of drug-likeness (QED) is 0.724. The van der Waals surface area contributed by atoms with E-state index in [9.17, 15) is 0 Å². The monoisotopic (exact) mass is 246 g/mol. The van der Waals surface area contributed by atoms with Crippen molar-refractivity contribution in [2.24, 2.45) is 11.3 Å². The van der Waals surface area contributed by atoms with Crippen LogP contribution in [-0.4, -0.2) is 7.11 Å². The highest BCUT2D eigenvalue weighted by Crippen LogP contribution is 2.53. The van der Waals surface area contributed by atoms with E-state index in [1.807, 2.05) is 0 Å². The summed E-state index contributed by atoms with van der Waals surface area (Å²) in [5.74, 6) is 2.44. The van der Waals surface area contributed by atoms with Crippen LogP contribution < -0.4 is 4.74 Å². The minimum atomic E-state index is 0.450. The van der Waals surface area contributed by atoms with Gasteiger partial charge in [0.1, 0.15) is 5.75 Å². The third-order valence-electron chi connectivity index (χ3n) is 5.27. The number of methoxy groups -OCH3 is 1. The lowest BCUT2D eigenvalue weighted by atomic mass is 9.76. The highest BCUT2D eigenvalue weighted by atomic mass is 16.5. The number of hydrogen-bond donors (Lipinski definition) is 0. The Morgan fingerprint density at radius 1 is 1.22 bits per heavy atom. The first-order valence-electron chi connectivity index (χ1n) is 7.02. The van der Waals surface area contributed by atoms with Gasteiger partial charge in [-0.15, -0.1) is 0 Å². The minimum Gasteiger partial charge on any atom is -0.496 e. The van der Waals surface area contributed by atoms with Crippen molar-refractivity contribution in [2.45, 2.75) is 53.4 Å². The second kappa shape index (κ2) is 4.60. The molecular weight excluding hydrogens is 220 g/mol. The molecule has 2 rings (SSSR count). The fourth-order valence-corrected chi connectivity index (χ4v) is 3.40. The summed E-state index contributed by atoms with van der Waals surface area (Å²) < 4.78 is 5.61. The van der Waals surface area contributed by atoms with Crippen LogP contribution in [0.2, 0.25) is 0 Å². The van der Waals surface area contributed by atoms with Gasteiger partial charge in [-0.05, 0) is 61.1 Å². The van der Waals surface area contributed by atoms with Gasteiger partial charge in [-0.3, -0.25) is 0 Å². The van der Waals surface area contributed by atoms with Crippen LogP contribution in [0.3, 0.4) is 0 Å². The summed E-state index contributed by atoms with van der Waals surface area (Å²) in [6, 6.07) is 4.30. The second-order valence-corrected chi connectivity index (χ2v) is 6.55. The molecule has 0 heterocycles. The first kappa shape index (κ1) is 13.5. The Hall–Kier alpha value is -0.980. The standard InChI is InChI=1S/C17H26O/c1-11-7-8-15(18-6)16(12(11)2)14-9-10-17(4,5)13(14)3/h7-8,13-14H,9-10H2,1-6H3. The van der Waals surface area contributed by atoms with E-state index in [1.54, 1.807) is 7.11 Å². The molecular formula is C17H26O. The van der Waals surface area contributed by atoms with E-state index < -0.39 is 0 Å². The van der Waals surface area contributed by atoms with E-state index >= 15 is 0 Å². The van der Waals surface area contributed by atoms with Gasteiger partial charge < -0.3 is 4.74 Å². The third-order valence-corrected chi connectivity index (χ3v) is 5.27. The summed E-state index contributed by atoms with van der Waals surface area (Å²) in [7, 11) is 1.79. The van der Waals surface area contributed by atoms with Gasteiger partial charge in [-0.2, -0.15) is 0 Å². The van der Waals surface area contributed by atoms with Crippen LogP contribution in [-0.2, 0) is 0 Å². The summed E-state index contributed by atoms with van der Waals surface area (Å²) >= 11 is 0. The molecule has 1 aromatic carbocycles. The molecule has 2 unspecified atom stereocenters. The van der Waals surface area contributed by atoms with E-state index in [0.29, 0.717) is 17.3 Å². The Balaban J connectivity index is 2.48. The highest BCUT2D eigenvalue weighted by molar-refractivity contribution is 5.47. The zero-order chi connectivity index (χ0) is 13.5. The predicted octanol–water partition coefficient (Wildman–Crippen LogP) is 4.85. The van der Waals surface area contributed by atoms with Gasteiger partial charge in [-0.1, -0.05) is 26.8 Å². The van der Waals surface area contributed by atoms with Gasteiger partial charge in [0.2, 0.25) is 0 Å². The molecule has 0 N–H and O–H groups in total. The van der Waals surface area contributed by atoms with Crippen molar-refractivity contribution in [1.29, 1.82) is 0 Å².